The molecule has 170 valence electrons. The third-order valence-corrected chi connectivity index (χ3v) is 5.44. The second-order valence-electron chi connectivity index (χ2n) is 6.64. The van der Waals surface area contributed by atoms with E-state index in [0.717, 1.165) is 5.56 Å². The van der Waals surface area contributed by atoms with E-state index in [1.807, 2.05) is 31.7 Å². The summed E-state index contributed by atoms with van der Waals surface area (Å²) in [6.07, 6.45) is 1.87. The average Bonchev–Trinajstić information content (AvgIpc) is 3.36. The summed E-state index contributed by atoms with van der Waals surface area (Å²) in [5.74, 6) is 0.683. The number of ether oxygens (including phenoxy) is 2. The highest BCUT2D eigenvalue weighted by Gasteiger charge is 2.19. The summed E-state index contributed by atoms with van der Waals surface area (Å²) in [4.78, 5) is 24.1. The predicted octanol–water partition coefficient (Wildman–Crippen LogP) is 3.00. The van der Waals surface area contributed by atoms with Crippen molar-refractivity contribution in [2.45, 2.75) is 32.5 Å². The van der Waals surface area contributed by atoms with E-state index in [2.05, 4.69) is 20.6 Å². The van der Waals surface area contributed by atoms with Crippen LogP contribution in [0.3, 0.4) is 0 Å². The Labute approximate surface area is 190 Å². The molecule has 0 bridgehead atoms. The van der Waals surface area contributed by atoms with E-state index in [4.69, 9.17) is 9.47 Å². The fourth-order valence-electron chi connectivity index (χ4n) is 2.87. The maximum Gasteiger partial charge on any atom is 0.338 e. The first-order chi connectivity index (χ1) is 15.5. The van der Waals surface area contributed by atoms with Gasteiger partial charge in [0.25, 0.3) is 0 Å². The molecule has 3 aromatic rings. The van der Waals surface area contributed by atoms with Crippen LogP contribution < -0.4 is 10.1 Å². The zero-order valence-electron chi connectivity index (χ0n) is 18.5. The van der Waals surface area contributed by atoms with Gasteiger partial charge in [0, 0.05) is 25.5 Å². The summed E-state index contributed by atoms with van der Waals surface area (Å²) in [7, 11) is 1.84. The lowest BCUT2D eigenvalue weighted by Gasteiger charge is -2.07. The number of amides is 1. The second kappa shape index (κ2) is 10.8. The monoisotopic (exact) mass is 458 g/mol. The van der Waals surface area contributed by atoms with Crippen LogP contribution in [-0.2, 0) is 23.1 Å². The molecule has 32 heavy (non-hydrogen) atoms. The van der Waals surface area contributed by atoms with E-state index in [1.165, 1.54) is 11.8 Å². The molecule has 0 aliphatic rings. The highest BCUT2D eigenvalue weighted by molar-refractivity contribution is 7.99. The number of nitrogens with zero attached hydrogens (tertiary/aromatic N) is 5. The zero-order valence-corrected chi connectivity index (χ0v) is 19.3. The van der Waals surface area contributed by atoms with Crippen molar-refractivity contribution < 1.29 is 19.1 Å². The van der Waals surface area contributed by atoms with E-state index in [1.54, 1.807) is 35.9 Å². The van der Waals surface area contributed by atoms with E-state index in [0.29, 0.717) is 47.9 Å². The zero-order chi connectivity index (χ0) is 23.1. The normalized spacial score (nSPS) is 10.8. The lowest BCUT2D eigenvalue weighted by Crippen LogP contribution is -2.14. The summed E-state index contributed by atoms with van der Waals surface area (Å²) in [5, 5.41) is 16.3. The largest absolute Gasteiger partial charge is 0.476 e. The van der Waals surface area contributed by atoms with Crippen molar-refractivity contribution in [3.8, 4) is 17.3 Å². The standard InChI is InChI=1S/C21H26N6O4S/c1-5-27-12-16(19(25-27)30-6-2)18-23-24-21(26(18)4)32-13-17(28)22-15-10-8-14(9-11-15)20(29)31-7-3/h8-12H,5-7,13H2,1-4H3,(H,22,28). The van der Waals surface area contributed by atoms with Crippen molar-refractivity contribution in [3.63, 3.8) is 0 Å². The smallest absolute Gasteiger partial charge is 0.338 e. The van der Waals surface area contributed by atoms with Gasteiger partial charge in [-0.2, -0.15) is 0 Å². The number of anilines is 1. The summed E-state index contributed by atoms with van der Waals surface area (Å²) in [5.41, 5.74) is 1.78. The molecule has 0 aliphatic carbocycles. The second-order valence-corrected chi connectivity index (χ2v) is 7.58. The van der Waals surface area contributed by atoms with Crippen molar-refractivity contribution >= 4 is 29.3 Å². The molecular formula is C21H26N6O4S. The highest BCUT2D eigenvalue weighted by atomic mass is 32.2. The number of carbonyl (C=O) groups is 2. The SMILES string of the molecule is CCOC(=O)c1ccc(NC(=O)CSc2nnc(-c3cn(CC)nc3OCC)n2C)cc1. The highest BCUT2D eigenvalue weighted by Crippen LogP contribution is 2.29. The minimum atomic E-state index is -0.393. The van der Waals surface area contributed by atoms with Gasteiger partial charge in [0.2, 0.25) is 11.8 Å². The number of aryl methyl sites for hydroxylation is 1. The van der Waals surface area contributed by atoms with E-state index in [9.17, 15) is 9.59 Å². The van der Waals surface area contributed by atoms with Crippen molar-refractivity contribution in [2.75, 3.05) is 24.3 Å². The molecule has 3 rings (SSSR count). The quantitative estimate of drug-likeness (QED) is 0.364. The Morgan fingerprint density at radius 1 is 1.09 bits per heavy atom. The topological polar surface area (TPSA) is 113 Å². The van der Waals surface area contributed by atoms with Crippen LogP contribution in [0.5, 0.6) is 5.88 Å². The Bertz CT molecular complexity index is 1080. The third kappa shape index (κ3) is 5.47. The van der Waals surface area contributed by atoms with Gasteiger partial charge in [-0.1, -0.05) is 11.8 Å². The molecule has 1 amide bonds. The molecule has 1 aromatic carbocycles. The molecule has 0 unspecified atom stereocenters. The number of nitrogens with one attached hydrogen (secondary N) is 1. The molecule has 2 heterocycles. The minimum Gasteiger partial charge on any atom is -0.476 e. The van der Waals surface area contributed by atoms with Gasteiger partial charge in [0.1, 0.15) is 5.56 Å². The van der Waals surface area contributed by atoms with Crippen molar-refractivity contribution in [1.82, 2.24) is 24.5 Å². The Morgan fingerprint density at radius 3 is 2.50 bits per heavy atom. The van der Waals surface area contributed by atoms with E-state index >= 15 is 0 Å². The molecular weight excluding hydrogens is 432 g/mol. The fraction of sp³-hybridized carbons (Fsp3) is 0.381. The fourth-order valence-corrected chi connectivity index (χ4v) is 3.58. The first-order valence-electron chi connectivity index (χ1n) is 10.3. The van der Waals surface area contributed by atoms with Crippen molar-refractivity contribution in [2.24, 2.45) is 7.05 Å². The van der Waals surface area contributed by atoms with Crippen molar-refractivity contribution in [1.29, 1.82) is 0 Å². The van der Waals surface area contributed by atoms with E-state index < -0.39 is 5.97 Å². The Hall–Kier alpha value is -3.34. The minimum absolute atomic E-state index is 0.151. The number of thioether (sulfide) groups is 1. The number of hydrogen-bond acceptors (Lipinski definition) is 8. The van der Waals surface area contributed by atoms with Gasteiger partial charge in [-0.05, 0) is 45.0 Å². The summed E-state index contributed by atoms with van der Waals surface area (Å²) < 4.78 is 14.2. The Morgan fingerprint density at radius 2 is 1.84 bits per heavy atom. The van der Waals surface area contributed by atoms with Crippen LogP contribution >= 0.6 is 11.8 Å². The van der Waals surface area contributed by atoms with Crippen molar-refractivity contribution in [3.05, 3.63) is 36.0 Å². The average molecular weight is 459 g/mol. The third-order valence-electron chi connectivity index (χ3n) is 4.42. The molecule has 0 aliphatic heterocycles. The molecule has 0 radical (unpaired) electrons. The van der Waals surface area contributed by atoms with Gasteiger partial charge in [-0.3, -0.25) is 9.48 Å². The number of rotatable bonds is 10. The maximum atomic E-state index is 12.4. The molecule has 1 N–H and O–H groups in total. The number of hydrogen-bond donors (Lipinski definition) is 1. The molecule has 11 heteroatoms. The predicted molar refractivity (Wildman–Crippen MR) is 121 cm³/mol. The van der Waals surface area contributed by atoms with Crippen LogP contribution in [0.2, 0.25) is 0 Å². The van der Waals surface area contributed by atoms with Gasteiger partial charge in [-0.25, -0.2) is 4.79 Å². The molecule has 0 fully saturated rings. The van der Waals surface area contributed by atoms with Crippen LogP contribution in [0.1, 0.15) is 31.1 Å². The van der Waals surface area contributed by atoms with Gasteiger partial charge < -0.3 is 19.4 Å². The molecule has 0 saturated carbocycles. The lowest BCUT2D eigenvalue weighted by atomic mass is 10.2. The van der Waals surface area contributed by atoms with Gasteiger partial charge in [0.05, 0.1) is 24.5 Å². The van der Waals surface area contributed by atoms with Crippen LogP contribution in [0.25, 0.3) is 11.4 Å². The molecule has 0 spiro atoms. The summed E-state index contributed by atoms with van der Waals surface area (Å²) >= 11 is 1.27. The number of benzene rings is 1. The van der Waals surface area contributed by atoms with Gasteiger partial charge in [0.15, 0.2) is 11.0 Å². The molecule has 0 atom stereocenters. The lowest BCUT2D eigenvalue weighted by molar-refractivity contribution is -0.113. The number of aromatic nitrogens is 5. The van der Waals surface area contributed by atoms with E-state index in [-0.39, 0.29) is 11.7 Å². The van der Waals surface area contributed by atoms with Gasteiger partial charge in [-0.15, -0.1) is 15.3 Å². The van der Waals surface area contributed by atoms with Gasteiger partial charge >= 0.3 is 5.97 Å². The van der Waals surface area contributed by atoms with Crippen LogP contribution in [-0.4, -0.2) is 55.4 Å². The Kier molecular flexibility index (Phi) is 7.87. The molecule has 10 nitrogen and oxygen atoms in total. The first-order valence-corrected chi connectivity index (χ1v) is 11.2. The summed E-state index contributed by atoms with van der Waals surface area (Å²) in [6, 6.07) is 6.55. The number of esters is 1. The van der Waals surface area contributed by atoms with Crippen LogP contribution in [0, 0.1) is 0 Å². The summed E-state index contributed by atoms with van der Waals surface area (Å²) in [6.45, 7) is 7.16. The van der Waals surface area contributed by atoms with Crippen LogP contribution in [0.15, 0.2) is 35.6 Å². The number of carbonyl (C=O) groups excluding carboxylic acids is 2. The molecule has 0 saturated heterocycles. The Balaban J connectivity index is 1.62. The first kappa shape index (κ1) is 23.3. The maximum absolute atomic E-state index is 12.4. The molecule has 2 aromatic heterocycles. The van der Waals surface area contributed by atoms with Crippen LogP contribution in [0.4, 0.5) is 5.69 Å².